The highest BCUT2D eigenvalue weighted by Gasteiger charge is 2.24. The van der Waals surface area contributed by atoms with E-state index in [1.165, 1.54) is 5.70 Å². The van der Waals surface area contributed by atoms with E-state index in [1.807, 2.05) is 6.07 Å². The van der Waals surface area contributed by atoms with Gasteiger partial charge in [0.15, 0.2) is 0 Å². The van der Waals surface area contributed by atoms with Gasteiger partial charge in [0.25, 0.3) is 0 Å². The minimum absolute atomic E-state index is 0.929. The lowest BCUT2D eigenvalue weighted by molar-refractivity contribution is 0.0962. The molecule has 1 N–H and O–H groups in total. The molecule has 1 saturated heterocycles. The fourth-order valence-corrected chi connectivity index (χ4v) is 2.59. The van der Waals surface area contributed by atoms with Gasteiger partial charge in [0, 0.05) is 32.4 Å². The molecule has 5 nitrogen and oxygen atoms in total. The summed E-state index contributed by atoms with van der Waals surface area (Å²) in [6.45, 7) is 7.63. The summed E-state index contributed by atoms with van der Waals surface area (Å²) >= 11 is 0. The number of hydrogen-bond donors (Lipinski definition) is 1. The molecule has 2 aliphatic heterocycles. The standard InChI is InChI=1S/C15H23N5/c1-14-12-16-20(15-6-4-3-5-7-15)19(14)13-18-10-8-17(2)9-11-18/h3-7,12,16H,8-11,13H2,1-2H3. The molecule has 0 aromatic heterocycles. The number of rotatable bonds is 3. The summed E-state index contributed by atoms with van der Waals surface area (Å²) < 4.78 is 0. The van der Waals surface area contributed by atoms with Gasteiger partial charge in [-0.2, -0.15) is 5.12 Å². The average Bonchev–Trinajstić information content (AvgIpc) is 2.84. The van der Waals surface area contributed by atoms with Crippen molar-refractivity contribution in [1.82, 2.24) is 20.2 Å². The summed E-state index contributed by atoms with van der Waals surface area (Å²) in [4.78, 5) is 4.89. The molecule has 0 spiro atoms. The highest BCUT2D eigenvalue weighted by Crippen LogP contribution is 2.21. The van der Waals surface area contributed by atoms with Gasteiger partial charge in [0.1, 0.15) is 0 Å². The number of hydrazine groups is 2. The normalized spacial score (nSPS) is 21.0. The van der Waals surface area contributed by atoms with Crippen molar-refractivity contribution in [3.05, 3.63) is 42.2 Å². The van der Waals surface area contributed by atoms with Crippen LogP contribution in [0.4, 0.5) is 5.69 Å². The number of nitrogens with zero attached hydrogens (tertiary/aromatic N) is 4. The molecule has 20 heavy (non-hydrogen) atoms. The van der Waals surface area contributed by atoms with Gasteiger partial charge in [0.2, 0.25) is 0 Å². The molecule has 0 amide bonds. The molecular weight excluding hydrogens is 250 g/mol. The van der Waals surface area contributed by atoms with E-state index in [0.717, 1.165) is 38.5 Å². The Bertz CT molecular complexity index is 464. The quantitative estimate of drug-likeness (QED) is 0.895. The minimum atomic E-state index is 0.929. The Labute approximate surface area is 121 Å². The van der Waals surface area contributed by atoms with Gasteiger partial charge >= 0.3 is 0 Å². The first-order valence-electron chi connectivity index (χ1n) is 7.20. The van der Waals surface area contributed by atoms with Gasteiger partial charge in [-0.05, 0) is 26.1 Å². The highest BCUT2D eigenvalue weighted by molar-refractivity contribution is 5.46. The fraction of sp³-hybridized carbons (Fsp3) is 0.467. The van der Waals surface area contributed by atoms with Crippen LogP contribution >= 0.6 is 0 Å². The molecule has 5 heteroatoms. The van der Waals surface area contributed by atoms with Crippen LogP contribution < -0.4 is 10.5 Å². The van der Waals surface area contributed by atoms with Crippen molar-refractivity contribution in [2.75, 3.05) is 45.0 Å². The molecule has 0 bridgehead atoms. The van der Waals surface area contributed by atoms with Gasteiger partial charge in [0.05, 0.1) is 18.1 Å². The number of benzene rings is 1. The number of likely N-dealkylation sites (N-methyl/N-ethyl adjacent to an activating group) is 1. The van der Waals surface area contributed by atoms with Crippen LogP contribution in [-0.2, 0) is 0 Å². The van der Waals surface area contributed by atoms with Crippen LogP contribution in [0.2, 0.25) is 0 Å². The molecule has 0 radical (unpaired) electrons. The largest absolute Gasteiger partial charge is 0.304 e. The van der Waals surface area contributed by atoms with Crippen LogP contribution in [0.1, 0.15) is 6.92 Å². The molecule has 0 saturated carbocycles. The molecule has 1 aromatic rings. The lowest BCUT2D eigenvalue weighted by Gasteiger charge is -2.39. The Balaban J connectivity index is 1.68. The summed E-state index contributed by atoms with van der Waals surface area (Å²) in [7, 11) is 2.19. The summed E-state index contributed by atoms with van der Waals surface area (Å²) in [6, 6.07) is 10.4. The first kappa shape index (κ1) is 13.3. The second-order valence-corrected chi connectivity index (χ2v) is 5.52. The van der Waals surface area contributed by atoms with Crippen LogP contribution in [0.3, 0.4) is 0 Å². The second kappa shape index (κ2) is 5.73. The number of allylic oxidation sites excluding steroid dienone is 1. The van der Waals surface area contributed by atoms with Crippen LogP contribution in [0.5, 0.6) is 0 Å². The monoisotopic (exact) mass is 273 g/mol. The maximum atomic E-state index is 3.33. The van der Waals surface area contributed by atoms with E-state index in [0.29, 0.717) is 0 Å². The summed E-state index contributed by atoms with van der Waals surface area (Å²) in [5, 5.41) is 4.41. The number of nitrogens with one attached hydrogen (secondary N) is 1. The molecule has 2 heterocycles. The van der Waals surface area contributed by atoms with Crippen LogP contribution in [0.15, 0.2) is 42.2 Å². The Morgan fingerprint density at radius 1 is 1.05 bits per heavy atom. The van der Waals surface area contributed by atoms with E-state index >= 15 is 0 Å². The lowest BCUT2D eigenvalue weighted by Crippen LogP contribution is -2.53. The van der Waals surface area contributed by atoms with Crippen molar-refractivity contribution in [3.8, 4) is 0 Å². The fourth-order valence-electron chi connectivity index (χ4n) is 2.59. The molecule has 0 atom stereocenters. The van der Waals surface area contributed by atoms with Crippen LogP contribution in [-0.4, -0.2) is 54.7 Å². The van der Waals surface area contributed by atoms with Gasteiger partial charge < -0.3 is 4.90 Å². The topological polar surface area (TPSA) is 25.0 Å². The van der Waals surface area contributed by atoms with Crippen molar-refractivity contribution in [1.29, 1.82) is 0 Å². The third-order valence-corrected chi connectivity index (χ3v) is 3.97. The number of hydrogen-bond acceptors (Lipinski definition) is 5. The van der Waals surface area contributed by atoms with Crippen molar-refractivity contribution in [3.63, 3.8) is 0 Å². The Hall–Kier alpha value is -1.72. The van der Waals surface area contributed by atoms with Gasteiger partial charge in [-0.3, -0.25) is 15.3 Å². The first-order chi connectivity index (χ1) is 9.74. The maximum absolute atomic E-state index is 3.33. The van der Waals surface area contributed by atoms with Crippen molar-refractivity contribution in [2.24, 2.45) is 0 Å². The zero-order chi connectivity index (χ0) is 13.9. The Morgan fingerprint density at radius 3 is 2.45 bits per heavy atom. The van der Waals surface area contributed by atoms with Gasteiger partial charge in [-0.15, -0.1) is 0 Å². The van der Waals surface area contributed by atoms with Crippen LogP contribution in [0, 0.1) is 0 Å². The van der Waals surface area contributed by atoms with E-state index in [2.05, 4.69) is 69.8 Å². The van der Waals surface area contributed by atoms with E-state index in [9.17, 15) is 0 Å². The van der Waals surface area contributed by atoms with Crippen molar-refractivity contribution >= 4 is 5.69 Å². The average molecular weight is 273 g/mol. The minimum Gasteiger partial charge on any atom is -0.304 e. The molecule has 2 aliphatic rings. The van der Waals surface area contributed by atoms with Crippen LogP contribution in [0.25, 0.3) is 0 Å². The van der Waals surface area contributed by atoms with E-state index in [1.54, 1.807) is 0 Å². The molecule has 1 fully saturated rings. The van der Waals surface area contributed by atoms with E-state index in [4.69, 9.17) is 0 Å². The molecule has 108 valence electrons. The number of piperazine rings is 1. The van der Waals surface area contributed by atoms with E-state index < -0.39 is 0 Å². The highest BCUT2D eigenvalue weighted by atomic mass is 15.8. The third kappa shape index (κ3) is 2.73. The number of para-hydroxylation sites is 1. The zero-order valence-corrected chi connectivity index (χ0v) is 12.3. The second-order valence-electron chi connectivity index (χ2n) is 5.52. The predicted octanol–water partition coefficient (Wildman–Crippen LogP) is 1.29. The Morgan fingerprint density at radius 2 is 1.75 bits per heavy atom. The molecule has 0 aliphatic carbocycles. The summed E-state index contributed by atoms with van der Waals surface area (Å²) in [6.07, 6.45) is 2.06. The van der Waals surface area contributed by atoms with Gasteiger partial charge in [-0.25, -0.2) is 0 Å². The lowest BCUT2D eigenvalue weighted by atomic mass is 10.3. The molecule has 3 rings (SSSR count). The third-order valence-electron chi connectivity index (χ3n) is 3.97. The number of anilines is 1. The molecule has 1 aromatic carbocycles. The molecule has 0 unspecified atom stereocenters. The van der Waals surface area contributed by atoms with Crippen molar-refractivity contribution < 1.29 is 0 Å². The van der Waals surface area contributed by atoms with Crippen molar-refractivity contribution in [2.45, 2.75) is 6.92 Å². The molecular formula is C15H23N5. The van der Waals surface area contributed by atoms with Gasteiger partial charge in [-0.1, -0.05) is 18.2 Å². The Kier molecular flexibility index (Phi) is 3.80. The summed E-state index contributed by atoms with van der Waals surface area (Å²) in [5.41, 5.74) is 5.74. The smallest absolute Gasteiger partial charge is 0.0932 e. The first-order valence-corrected chi connectivity index (χ1v) is 7.20. The summed E-state index contributed by atoms with van der Waals surface area (Å²) in [5.74, 6) is 0. The maximum Gasteiger partial charge on any atom is 0.0932 e. The predicted molar refractivity (Wildman–Crippen MR) is 81.6 cm³/mol. The van der Waals surface area contributed by atoms with E-state index in [-0.39, 0.29) is 0 Å². The zero-order valence-electron chi connectivity index (χ0n) is 12.3. The SMILES string of the molecule is CC1=CNN(c2ccccc2)N1CN1CCN(C)CC1.